The zero-order valence-corrected chi connectivity index (χ0v) is 15.5. The van der Waals surface area contributed by atoms with E-state index in [4.69, 9.17) is 0 Å². The zero-order valence-electron chi connectivity index (χ0n) is 15.5. The van der Waals surface area contributed by atoms with E-state index in [1.54, 1.807) is 4.90 Å². The van der Waals surface area contributed by atoms with Gasteiger partial charge in [0.15, 0.2) is 0 Å². The lowest BCUT2D eigenvalue weighted by molar-refractivity contribution is -0.148. The Bertz CT molecular complexity index is 854. The van der Waals surface area contributed by atoms with Gasteiger partial charge in [-0.3, -0.25) is 19.4 Å². The fourth-order valence-corrected chi connectivity index (χ4v) is 4.97. The Balaban J connectivity index is 1.45. The third-order valence-electron chi connectivity index (χ3n) is 6.48. The van der Waals surface area contributed by atoms with E-state index in [-0.39, 0.29) is 23.8 Å². The smallest absolute Gasteiger partial charge is 0.325 e. The predicted molar refractivity (Wildman–Crippen MR) is 98.2 cm³/mol. The molecule has 2 aliphatic heterocycles. The Morgan fingerprint density at radius 3 is 2.63 bits per heavy atom. The molecular formula is C19H26N4O4. The summed E-state index contributed by atoms with van der Waals surface area (Å²) in [5.41, 5.74) is -1.34. The van der Waals surface area contributed by atoms with Gasteiger partial charge in [0, 0.05) is 37.4 Å². The Morgan fingerprint density at radius 2 is 1.89 bits per heavy atom. The second kappa shape index (κ2) is 6.98. The molecule has 2 amide bonds. The van der Waals surface area contributed by atoms with Crippen LogP contribution in [-0.4, -0.2) is 57.3 Å². The number of aromatic amines is 2. The molecule has 0 bridgehead atoms. The molecule has 0 unspecified atom stereocenters. The molecule has 1 aliphatic carbocycles. The summed E-state index contributed by atoms with van der Waals surface area (Å²) in [4.78, 5) is 57.2. The van der Waals surface area contributed by atoms with Crippen LogP contribution in [0.2, 0.25) is 0 Å². The van der Waals surface area contributed by atoms with Gasteiger partial charge in [0.2, 0.25) is 11.8 Å². The lowest BCUT2D eigenvalue weighted by Gasteiger charge is -2.42. The van der Waals surface area contributed by atoms with E-state index in [1.165, 1.54) is 19.0 Å². The summed E-state index contributed by atoms with van der Waals surface area (Å²) in [6.45, 7) is 1.82. The van der Waals surface area contributed by atoms with Crippen molar-refractivity contribution in [1.82, 2.24) is 19.8 Å². The first kappa shape index (κ1) is 18.0. The molecule has 27 heavy (non-hydrogen) atoms. The molecule has 0 radical (unpaired) electrons. The second-order valence-electron chi connectivity index (χ2n) is 8.16. The van der Waals surface area contributed by atoms with E-state index in [1.807, 2.05) is 0 Å². The predicted octanol–water partition coefficient (Wildman–Crippen LogP) is 0.389. The molecule has 1 saturated carbocycles. The lowest BCUT2D eigenvalue weighted by atomic mass is 9.77. The van der Waals surface area contributed by atoms with E-state index >= 15 is 0 Å². The van der Waals surface area contributed by atoms with Gasteiger partial charge < -0.3 is 14.8 Å². The maximum Gasteiger partial charge on any atom is 0.325 e. The van der Waals surface area contributed by atoms with E-state index in [9.17, 15) is 19.2 Å². The zero-order chi connectivity index (χ0) is 19.0. The minimum Gasteiger partial charge on any atom is -0.341 e. The van der Waals surface area contributed by atoms with Gasteiger partial charge >= 0.3 is 5.69 Å². The Morgan fingerprint density at radius 1 is 1.11 bits per heavy atom. The maximum absolute atomic E-state index is 13.2. The summed E-state index contributed by atoms with van der Waals surface area (Å²) in [7, 11) is 0. The number of likely N-dealkylation sites (tertiary alicyclic amines) is 2. The van der Waals surface area contributed by atoms with Gasteiger partial charge in [-0.05, 0) is 32.1 Å². The molecule has 0 aromatic carbocycles. The van der Waals surface area contributed by atoms with Gasteiger partial charge in [-0.2, -0.15) is 0 Å². The normalized spacial score (nSPS) is 26.3. The summed E-state index contributed by atoms with van der Waals surface area (Å²) in [5, 5.41) is 0. The van der Waals surface area contributed by atoms with Crippen molar-refractivity contribution < 1.29 is 9.59 Å². The SMILES string of the molecule is O=C(Cc1c[nH]c(=O)[nH]c1=O)N1CC[C@@]2(CCCN(C3CCCC3)C2=O)C1. The number of rotatable bonds is 3. The average Bonchev–Trinajstić information content (AvgIpc) is 3.31. The number of nitrogens with zero attached hydrogens (tertiary/aromatic N) is 2. The van der Waals surface area contributed by atoms with E-state index < -0.39 is 16.7 Å². The van der Waals surface area contributed by atoms with Crippen molar-refractivity contribution in [1.29, 1.82) is 0 Å². The number of hydrogen-bond acceptors (Lipinski definition) is 4. The molecule has 8 heteroatoms. The molecule has 1 aromatic rings. The fourth-order valence-electron chi connectivity index (χ4n) is 4.97. The van der Waals surface area contributed by atoms with E-state index in [0.29, 0.717) is 25.6 Å². The van der Waals surface area contributed by atoms with Crippen molar-refractivity contribution in [3.05, 3.63) is 32.6 Å². The monoisotopic (exact) mass is 374 g/mol. The Hall–Kier alpha value is -2.38. The van der Waals surface area contributed by atoms with Crippen LogP contribution in [0.5, 0.6) is 0 Å². The highest BCUT2D eigenvalue weighted by Gasteiger charge is 2.50. The third-order valence-corrected chi connectivity index (χ3v) is 6.48. The van der Waals surface area contributed by atoms with Crippen molar-refractivity contribution in [2.45, 2.75) is 57.4 Å². The summed E-state index contributed by atoms with van der Waals surface area (Å²) >= 11 is 0. The number of aromatic nitrogens is 2. The highest BCUT2D eigenvalue weighted by Crippen LogP contribution is 2.42. The first-order chi connectivity index (χ1) is 13.0. The Labute approximate surface area is 156 Å². The molecular weight excluding hydrogens is 348 g/mol. The van der Waals surface area contributed by atoms with Crippen LogP contribution in [0.15, 0.2) is 15.8 Å². The van der Waals surface area contributed by atoms with Crippen LogP contribution in [0, 0.1) is 5.41 Å². The molecule has 146 valence electrons. The molecule has 4 rings (SSSR count). The number of nitrogens with one attached hydrogen (secondary N) is 2. The van der Waals surface area contributed by atoms with Gasteiger partial charge in [-0.15, -0.1) is 0 Å². The van der Waals surface area contributed by atoms with Gasteiger partial charge in [0.25, 0.3) is 5.56 Å². The Kier molecular flexibility index (Phi) is 4.65. The molecule has 1 spiro atoms. The second-order valence-corrected chi connectivity index (χ2v) is 8.16. The summed E-state index contributed by atoms with van der Waals surface area (Å²) in [6.07, 6.45) is 8.32. The van der Waals surface area contributed by atoms with Gasteiger partial charge in [-0.25, -0.2) is 4.79 Å². The molecule has 3 fully saturated rings. The van der Waals surface area contributed by atoms with Crippen LogP contribution >= 0.6 is 0 Å². The molecule has 2 N–H and O–H groups in total. The third kappa shape index (κ3) is 3.33. The summed E-state index contributed by atoms with van der Waals surface area (Å²) in [5.74, 6) is 0.0491. The first-order valence-corrected chi connectivity index (χ1v) is 9.88. The van der Waals surface area contributed by atoms with Crippen molar-refractivity contribution in [2.24, 2.45) is 5.41 Å². The number of carbonyl (C=O) groups excluding carboxylic acids is 2. The topological polar surface area (TPSA) is 106 Å². The molecule has 3 aliphatic rings. The van der Waals surface area contributed by atoms with Crippen molar-refractivity contribution >= 4 is 11.8 Å². The molecule has 3 heterocycles. The van der Waals surface area contributed by atoms with E-state index in [0.717, 1.165) is 32.2 Å². The number of amides is 2. The largest absolute Gasteiger partial charge is 0.341 e. The van der Waals surface area contributed by atoms with Crippen molar-refractivity contribution in [3.8, 4) is 0 Å². The summed E-state index contributed by atoms with van der Waals surface area (Å²) in [6, 6.07) is 0.374. The van der Waals surface area contributed by atoms with Crippen LogP contribution in [-0.2, 0) is 16.0 Å². The average molecular weight is 374 g/mol. The first-order valence-electron chi connectivity index (χ1n) is 9.88. The van der Waals surface area contributed by atoms with Gasteiger partial charge in [0.05, 0.1) is 11.8 Å². The van der Waals surface area contributed by atoms with Crippen LogP contribution in [0.3, 0.4) is 0 Å². The quantitative estimate of drug-likeness (QED) is 0.798. The van der Waals surface area contributed by atoms with Gasteiger partial charge in [-0.1, -0.05) is 12.8 Å². The number of carbonyl (C=O) groups is 2. The van der Waals surface area contributed by atoms with Gasteiger partial charge in [0.1, 0.15) is 0 Å². The number of H-pyrrole nitrogens is 2. The van der Waals surface area contributed by atoms with Crippen molar-refractivity contribution in [2.75, 3.05) is 19.6 Å². The summed E-state index contributed by atoms with van der Waals surface area (Å²) < 4.78 is 0. The molecule has 8 nitrogen and oxygen atoms in total. The minimum atomic E-state index is -0.587. The lowest BCUT2D eigenvalue weighted by Crippen LogP contribution is -2.53. The highest BCUT2D eigenvalue weighted by atomic mass is 16.2. The van der Waals surface area contributed by atoms with Crippen LogP contribution < -0.4 is 11.2 Å². The number of hydrogen-bond donors (Lipinski definition) is 2. The molecule has 1 aromatic heterocycles. The van der Waals surface area contributed by atoms with E-state index in [2.05, 4.69) is 14.9 Å². The maximum atomic E-state index is 13.2. The fraction of sp³-hybridized carbons (Fsp3) is 0.684. The minimum absolute atomic E-state index is 0.0667. The molecule has 2 saturated heterocycles. The molecule has 1 atom stereocenters. The highest BCUT2D eigenvalue weighted by molar-refractivity contribution is 5.86. The standard InChI is InChI=1S/C19H26N4O4/c24-15(10-13-11-20-18(27)21-16(13)25)22-9-7-19(12-22)6-3-8-23(17(19)26)14-4-1-2-5-14/h11,14H,1-10,12H2,(H2,20,21,25,27)/t19-/m0/s1. The van der Waals surface area contributed by atoms with Crippen LogP contribution in [0.25, 0.3) is 0 Å². The van der Waals surface area contributed by atoms with Crippen molar-refractivity contribution in [3.63, 3.8) is 0 Å². The van der Waals surface area contributed by atoms with Crippen LogP contribution in [0.1, 0.15) is 50.5 Å². The number of piperidine rings is 1. The van der Waals surface area contributed by atoms with Crippen LogP contribution in [0.4, 0.5) is 0 Å².